The van der Waals surface area contributed by atoms with Crippen LogP contribution in [0.2, 0.25) is 0 Å². The Kier molecular flexibility index (Phi) is 9.92. The average Bonchev–Trinajstić information content (AvgIpc) is 2.72. The Morgan fingerprint density at radius 2 is 2.04 bits per heavy atom. The highest BCUT2D eigenvalue weighted by molar-refractivity contribution is 7.80. The van der Waals surface area contributed by atoms with Crippen molar-refractivity contribution in [2.75, 3.05) is 7.11 Å². The molecule has 5 nitrogen and oxygen atoms in total. The Morgan fingerprint density at radius 3 is 2.68 bits per heavy atom. The molecule has 2 rings (SSSR count). The van der Waals surface area contributed by atoms with Crippen molar-refractivity contribution < 1.29 is 9.84 Å². The van der Waals surface area contributed by atoms with E-state index in [1.165, 1.54) is 30.1 Å². The molecule has 0 aliphatic heterocycles. The summed E-state index contributed by atoms with van der Waals surface area (Å²) in [7, 11) is 1.43. The Morgan fingerprint density at radius 1 is 1.32 bits per heavy atom. The summed E-state index contributed by atoms with van der Waals surface area (Å²) >= 11 is 10.1. The maximum Gasteiger partial charge on any atom is 0.271 e. The van der Waals surface area contributed by atoms with Gasteiger partial charge in [0.25, 0.3) is 5.56 Å². The number of nitrogens with zero attached hydrogens (tertiary/aromatic N) is 2. The molecule has 7 heteroatoms. The number of allylic oxidation sites excluding steroid dienone is 6. The lowest BCUT2D eigenvalue weighted by atomic mass is 10.2. The van der Waals surface area contributed by atoms with Crippen LogP contribution >= 0.6 is 24.2 Å². The van der Waals surface area contributed by atoms with Gasteiger partial charge in [0.05, 0.1) is 23.4 Å². The molecule has 0 bridgehead atoms. The molecular weight excluding hydrogens is 396 g/mol. The van der Waals surface area contributed by atoms with E-state index in [-0.39, 0.29) is 22.0 Å². The van der Waals surface area contributed by atoms with Crippen molar-refractivity contribution in [1.82, 2.24) is 9.55 Å². The number of rotatable bonds is 6. The van der Waals surface area contributed by atoms with E-state index in [1.807, 2.05) is 13.8 Å². The van der Waals surface area contributed by atoms with Crippen LogP contribution in [-0.2, 0) is 0 Å². The lowest BCUT2D eigenvalue weighted by Gasteiger charge is -2.10. The Bertz CT molecular complexity index is 963. The van der Waals surface area contributed by atoms with Gasteiger partial charge in [0.2, 0.25) is 0 Å². The van der Waals surface area contributed by atoms with E-state index < -0.39 is 0 Å². The zero-order valence-electron chi connectivity index (χ0n) is 16.0. The number of aromatic nitrogens is 2. The number of phenolic OH excluding ortho intramolecular Hbond substituents is 1. The van der Waals surface area contributed by atoms with E-state index >= 15 is 0 Å². The standard InChI is InChI=1S/C19H17ClN2O3S.C2H6/c1-3-13(20)7-5-4-6-8-15-18(26)19(24)22(12-21-15)14-9-10-16(23)17(11-14)25-2;1-2/h3-12,23,26H,1H2,2H3;1-2H3/b5-4+,8-6+,13-7+;. The van der Waals surface area contributed by atoms with Crippen LogP contribution in [0.4, 0.5) is 0 Å². The second-order valence-electron chi connectivity index (χ2n) is 5.01. The maximum atomic E-state index is 12.5. The van der Waals surface area contributed by atoms with Gasteiger partial charge in [0.1, 0.15) is 6.33 Å². The van der Waals surface area contributed by atoms with Gasteiger partial charge in [-0.25, -0.2) is 4.98 Å². The minimum atomic E-state index is -0.339. The first-order chi connectivity index (χ1) is 13.5. The van der Waals surface area contributed by atoms with E-state index in [0.29, 0.717) is 16.4 Å². The van der Waals surface area contributed by atoms with Crippen molar-refractivity contribution in [3.05, 3.63) is 82.6 Å². The predicted molar refractivity (Wildman–Crippen MR) is 119 cm³/mol. The van der Waals surface area contributed by atoms with Gasteiger partial charge in [0.15, 0.2) is 11.5 Å². The third-order valence-electron chi connectivity index (χ3n) is 3.34. The summed E-state index contributed by atoms with van der Waals surface area (Å²) in [6.07, 6.45) is 11.5. The Labute approximate surface area is 175 Å². The fourth-order valence-electron chi connectivity index (χ4n) is 2.01. The molecule has 148 valence electrons. The summed E-state index contributed by atoms with van der Waals surface area (Å²) in [6.45, 7) is 7.55. The summed E-state index contributed by atoms with van der Waals surface area (Å²) in [6, 6.07) is 4.57. The topological polar surface area (TPSA) is 64.3 Å². The van der Waals surface area contributed by atoms with Gasteiger partial charge in [-0.3, -0.25) is 9.36 Å². The molecule has 0 fully saturated rings. The van der Waals surface area contributed by atoms with Gasteiger partial charge in [-0.15, -0.1) is 12.6 Å². The number of benzene rings is 1. The zero-order chi connectivity index (χ0) is 21.1. The zero-order valence-corrected chi connectivity index (χ0v) is 17.6. The van der Waals surface area contributed by atoms with Crippen molar-refractivity contribution in [3.8, 4) is 17.2 Å². The molecule has 0 aliphatic rings. The molecular formula is C21H23ClN2O3S. The number of aromatic hydroxyl groups is 1. The average molecular weight is 419 g/mol. The maximum absolute atomic E-state index is 12.5. The second-order valence-corrected chi connectivity index (χ2v) is 5.89. The first kappa shape index (κ1) is 23.3. The normalized spacial score (nSPS) is 11.4. The number of phenols is 1. The molecule has 28 heavy (non-hydrogen) atoms. The highest BCUT2D eigenvalue weighted by atomic mass is 35.5. The van der Waals surface area contributed by atoms with Crippen LogP contribution in [0.5, 0.6) is 11.5 Å². The molecule has 0 radical (unpaired) electrons. The molecule has 0 atom stereocenters. The van der Waals surface area contributed by atoms with Gasteiger partial charge in [-0.05, 0) is 24.3 Å². The van der Waals surface area contributed by atoms with Crippen molar-refractivity contribution in [2.24, 2.45) is 0 Å². The minimum absolute atomic E-state index is 0.0136. The van der Waals surface area contributed by atoms with Crippen molar-refractivity contribution in [2.45, 2.75) is 18.7 Å². The number of hydrogen-bond donors (Lipinski definition) is 2. The van der Waals surface area contributed by atoms with Gasteiger partial charge in [0, 0.05) is 11.1 Å². The molecule has 0 unspecified atom stereocenters. The van der Waals surface area contributed by atoms with E-state index in [1.54, 1.807) is 42.5 Å². The number of methoxy groups -OCH3 is 1. The van der Waals surface area contributed by atoms with Gasteiger partial charge >= 0.3 is 0 Å². The molecule has 1 aromatic heterocycles. The first-order valence-corrected chi connectivity index (χ1v) is 9.31. The Balaban J connectivity index is 0.00000190. The van der Waals surface area contributed by atoms with E-state index in [0.717, 1.165) is 0 Å². The predicted octanol–water partition coefficient (Wildman–Crippen LogP) is 5.14. The number of thiol groups is 1. The van der Waals surface area contributed by atoms with Gasteiger partial charge < -0.3 is 9.84 Å². The van der Waals surface area contributed by atoms with Crippen molar-refractivity contribution in [3.63, 3.8) is 0 Å². The summed E-state index contributed by atoms with van der Waals surface area (Å²) in [4.78, 5) is 17.0. The number of ether oxygens (including phenoxy) is 1. The highest BCUT2D eigenvalue weighted by Crippen LogP contribution is 2.27. The molecule has 0 amide bonds. The molecule has 2 aromatic rings. The van der Waals surface area contributed by atoms with E-state index in [4.69, 9.17) is 16.3 Å². The summed E-state index contributed by atoms with van der Waals surface area (Å²) in [5.74, 6) is 0.246. The lowest BCUT2D eigenvalue weighted by molar-refractivity contribution is 0.373. The van der Waals surface area contributed by atoms with Crippen LogP contribution in [0.1, 0.15) is 19.5 Å². The van der Waals surface area contributed by atoms with E-state index in [9.17, 15) is 9.90 Å². The van der Waals surface area contributed by atoms with Gasteiger partial charge in [-0.2, -0.15) is 0 Å². The largest absolute Gasteiger partial charge is 0.504 e. The first-order valence-electron chi connectivity index (χ1n) is 8.49. The quantitative estimate of drug-likeness (QED) is 0.503. The van der Waals surface area contributed by atoms with E-state index in [2.05, 4.69) is 24.2 Å². The lowest BCUT2D eigenvalue weighted by Crippen LogP contribution is -2.20. The number of hydrogen-bond acceptors (Lipinski definition) is 5. The van der Waals surface area contributed by atoms with Crippen LogP contribution in [0.3, 0.4) is 0 Å². The third kappa shape index (κ3) is 6.18. The molecule has 0 saturated heterocycles. The molecule has 0 saturated carbocycles. The van der Waals surface area contributed by atoms with Crippen LogP contribution in [0.25, 0.3) is 11.8 Å². The van der Waals surface area contributed by atoms with Crippen LogP contribution in [0, 0.1) is 0 Å². The molecule has 1 N–H and O–H groups in total. The molecule has 1 aromatic carbocycles. The smallest absolute Gasteiger partial charge is 0.271 e. The SMILES string of the molecule is C=C\C(Cl)=C/C=C/C=C/c1ncn(-c2ccc(O)c(OC)c2)c(=O)c1S.CC. The summed E-state index contributed by atoms with van der Waals surface area (Å²) in [5.41, 5.74) is 0.602. The highest BCUT2D eigenvalue weighted by Gasteiger charge is 2.10. The van der Waals surface area contributed by atoms with Crippen LogP contribution < -0.4 is 10.3 Å². The third-order valence-corrected chi connectivity index (χ3v) is 4.05. The summed E-state index contributed by atoms with van der Waals surface area (Å²) in [5, 5.41) is 10.2. The van der Waals surface area contributed by atoms with Crippen LogP contribution in [0.15, 0.2) is 76.2 Å². The fourth-order valence-corrected chi connectivity index (χ4v) is 2.32. The van der Waals surface area contributed by atoms with Crippen molar-refractivity contribution >= 4 is 30.3 Å². The van der Waals surface area contributed by atoms with Gasteiger partial charge in [-0.1, -0.05) is 56.3 Å². The Hall–Kier alpha value is -2.70. The minimum Gasteiger partial charge on any atom is -0.504 e. The summed E-state index contributed by atoms with van der Waals surface area (Å²) < 4.78 is 6.38. The number of halogens is 1. The fraction of sp³-hybridized carbons (Fsp3) is 0.143. The van der Waals surface area contributed by atoms with Crippen molar-refractivity contribution in [1.29, 1.82) is 0 Å². The van der Waals surface area contributed by atoms with Crippen LogP contribution in [-0.4, -0.2) is 21.8 Å². The molecule has 0 spiro atoms. The molecule has 1 heterocycles. The molecule has 0 aliphatic carbocycles. The second kappa shape index (κ2) is 11.9. The monoisotopic (exact) mass is 418 g/mol.